The van der Waals surface area contributed by atoms with Gasteiger partial charge in [-0.3, -0.25) is 0 Å². The average molecular weight is 213 g/mol. The minimum absolute atomic E-state index is 0.490. The molecule has 0 bridgehead atoms. The van der Waals surface area contributed by atoms with Crippen molar-refractivity contribution in [1.82, 2.24) is 0 Å². The molecule has 0 radical (unpaired) electrons. The molecule has 2 heteroatoms. The molecule has 2 rings (SSSR count). The molecule has 0 fully saturated rings. The van der Waals surface area contributed by atoms with E-state index in [-0.39, 0.29) is 0 Å². The number of benzene rings is 1. The van der Waals surface area contributed by atoms with Crippen LogP contribution in [0, 0.1) is 18.3 Å². The van der Waals surface area contributed by atoms with Crippen LogP contribution >= 0.6 is 11.3 Å². The second-order valence-electron chi connectivity index (χ2n) is 3.44. The minimum atomic E-state index is 0.490. The molecule has 0 atom stereocenters. The van der Waals surface area contributed by atoms with Gasteiger partial charge in [-0.25, -0.2) is 0 Å². The fraction of sp³-hybridized carbons (Fsp3) is 0.154. The molecule has 15 heavy (non-hydrogen) atoms. The van der Waals surface area contributed by atoms with E-state index in [9.17, 15) is 0 Å². The third kappa shape index (κ3) is 2.26. The van der Waals surface area contributed by atoms with Crippen molar-refractivity contribution in [2.24, 2.45) is 0 Å². The van der Waals surface area contributed by atoms with E-state index in [4.69, 9.17) is 5.26 Å². The number of nitrogens with zero attached hydrogens (tertiary/aromatic N) is 1. The summed E-state index contributed by atoms with van der Waals surface area (Å²) in [7, 11) is 0. The summed E-state index contributed by atoms with van der Waals surface area (Å²) in [5.74, 6) is 0. The molecule has 1 aromatic carbocycles. The summed E-state index contributed by atoms with van der Waals surface area (Å²) in [5.41, 5.74) is 2.31. The van der Waals surface area contributed by atoms with Crippen LogP contribution in [0.15, 0.2) is 36.4 Å². The molecule has 0 aliphatic heterocycles. The highest BCUT2D eigenvalue weighted by molar-refractivity contribution is 7.15. The van der Waals surface area contributed by atoms with Gasteiger partial charge in [-0.2, -0.15) is 5.26 Å². The Labute approximate surface area is 93.6 Å². The fourth-order valence-corrected chi connectivity index (χ4v) is 2.34. The van der Waals surface area contributed by atoms with Crippen LogP contribution < -0.4 is 0 Å². The maximum absolute atomic E-state index is 8.56. The molecule has 1 aromatic heterocycles. The zero-order valence-corrected chi connectivity index (χ0v) is 9.34. The molecule has 0 aliphatic rings. The first-order chi connectivity index (χ1) is 7.29. The summed E-state index contributed by atoms with van der Waals surface area (Å²) < 4.78 is 0. The quantitative estimate of drug-likeness (QED) is 0.744. The first-order valence-corrected chi connectivity index (χ1v) is 5.64. The fourth-order valence-electron chi connectivity index (χ4n) is 1.47. The van der Waals surface area contributed by atoms with Crippen LogP contribution in [0.5, 0.6) is 0 Å². The van der Waals surface area contributed by atoms with E-state index in [0.29, 0.717) is 6.42 Å². The smallest absolute Gasteiger partial charge is 0.0669 e. The zero-order valence-electron chi connectivity index (χ0n) is 8.53. The van der Waals surface area contributed by atoms with Crippen molar-refractivity contribution in [3.8, 4) is 16.5 Å². The molecule has 0 saturated carbocycles. The normalized spacial score (nSPS) is 9.87. The summed E-state index contributed by atoms with van der Waals surface area (Å²) in [6.45, 7) is 2.11. The number of hydrogen-bond acceptors (Lipinski definition) is 2. The molecule has 74 valence electrons. The molecule has 0 saturated heterocycles. The highest BCUT2D eigenvalue weighted by atomic mass is 32.1. The first-order valence-electron chi connectivity index (χ1n) is 4.82. The van der Waals surface area contributed by atoms with E-state index in [1.54, 1.807) is 11.3 Å². The summed E-state index contributed by atoms with van der Waals surface area (Å²) in [6.07, 6.45) is 0.490. The van der Waals surface area contributed by atoms with Crippen LogP contribution in [-0.4, -0.2) is 0 Å². The van der Waals surface area contributed by atoms with E-state index in [0.717, 1.165) is 5.56 Å². The molecule has 0 aliphatic carbocycles. The average Bonchev–Trinajstić information content (AvgIpc) is 2.67. The van der Waals surface area contributed by atoms with Crippen molar-refractivity contribution in [3.05, 3.63) is 46.8 Å². The second kappa shape index (κ2) is 4.29. The summed E-state index contributed by atoms with van der Waals surface area (Å²) in [6, 6.07) is 14.6. The number of aryl methyl sites for hydroxylation is 1. The molecular weight excluding hydrogens is 202 g/mol. The van der Waals surface area contributed by atoms with Gasteiger partial charge in [-0.1, -0.05) is 24.3 Å². The Balaban J connectivity index is 2.28. The van der Waals surface area contributed by atoms with Gasteiger partial charge in [-0.15, -0.1) is 11.3 Å². The van der Waals surface area contributed by atoms with Gasteiger partial charge in [0.1, 0.15) is 0 Å². The summed E-state index contributed by atoms with van der Waals surface area (Å²) >= 11 is 1.80. The van der Waals surface area contributed by atoms with Gasteiger partial charge in [0.05, 0.1) is 12.5 Å². The molecule has 1 heterocycles. The topological polar surface area (TPSA) is 23.8 Å². The standard InChI is InChI=1S/C13H11NS/c1-10-2-7-13(15-10)12-5-3-11(4-6-12)8-9-14/h2-7H,8H2,1H3. The van der Waals surface area contributed by atoms with E-state index in [2.05, 4.69) is 37.3 Å². The molecule has 0 spiro atoms. The monoisotopic (exact) mass is 213 g/mol. The van der Waals surface area contributed by atoms with Crippen molar-refractivity contribution in [3.63, 3.8) is 0 Å². The summed E-state index contributed by atoms with van der Waals surface area (Å²) in [4.78, 5) is 2.61. The first kappa shape index (κ1) is 9.95. The van der Waals surface area contributed by atoms with Crippen LogP contribution in [0.25, 0.3) is 10.4 Å². The maximum atomic E-state index is 8.56. The third-order valence-corrected chi connectivity index (χ3v) is 3.31. The Hall–Kier alpha value is -1.59. The Bertz CT molecular complexity index is 488. The molecule has 0 unspecified atom stereocenters. The van der Waals surface area contributed by atoms with Gasteiger partial charge in [0.25, 0.3) is 0 Å². The maximum Gasteiger partial charge on any atom is 0.0669 e. The summed E-state index contributed by atoms with van der Waals surface area (Å²) in [5, 5.41) is 8.56. The lowest BCUT2D eigenvalue weighted by atomic mass is 10.1. The predicted molar refractivity (Wildman–Crippen MR) is 63.8 cm³/mol. The molecular formula is C13H11NS. The Kier molecular flexibility index (Phi) is 2.84. The van der Waals surface area contributed by atoms with E-state index in [1.165, 1.54) is 15.3 Å². The van der Waals surface area contributed by atoms with Gasteiger partial charge in [0, 0.05) is 9.75 Å². The van der Waals surface area contributed by atoms with E-state index in [1.807, 2.05) is 12.1 Å². The Morgan fingerprint density at radius 2 is 1.87 bits per heavy atom. The number of nitriles is 1. The third-order valence-electron chi connectivity index (χ3n) is 2.26. The predicted octanol–water partition coefficient (Wildman–Crippen LogP) is 3.79. The Morgan fingerprint density at radius 3 is 2.40 bits per heavy atom. The Morgan fingerprint density at radius 1 is 1.13 bits per heavy atom. The van der Waals surface area contributed by atoms with Crippen molar-refractivity contribution in [2.75, 3.05) is 0 Å². The van der Waals surface area contributed by atoms with Gasteiger partial charge in [-0.05, 0) is 30.2 Å². The molecule has 0 amide bonds. The second-order valence-corrected chi connectivity index (χ2v) is 4.73. The van der Waals surface area contributed by atoms with Crippen LogP contribution in [0.4, 0.5) is 0 Å². The van der Waals surface area contributed by atoms with Gasteiger partial charge in [0.15, 0.2) is 0 Å². The van der Waals surface area contributed by atoms with Crippen molar-refractivity contribution in [1.29, 1.82) is 5.26 Å². The zero-order chi connectivity index (χ0) is 10.7. The van der Waals surface area contributed by atoms with Crippen molar-refractivity contribution < 1.29 is 0 Å². The van der Waals surface area contributed by atoms with Crippen molar-refractivity contribution >= 4 is 11.3 Å². The lowest BCUT2D eigenvalue weighted by Crippen LogP contribution is -1.80. The molecule has 1 nitrogen and oxygen atoms in total. The van der Waals surface area contributed by atoms with Gasteiger partial charge in [0.2, 0.25) is 0 Å². The number of rotatable bonds is 2. The minimum Gasteiger partial charge on any atom is -0.198 e. The lowest BCUT2D eigenvalue weighted by Gasteiger charge is -1.98. The van der Waals surface area contributed by atoms with E-state index >= 15 is 0 Å². The molecule has 0 N–H and O–H groups in total. The van der Waals surface area contributed by atoms with Crippen LogP contribution in [0.2, 0.25) is 0 Å². The highest BCUT2D eigenvalue weighted by Crippen LogP contribution is 2.27. The van der Waals surface area contributed by atoms with Crippen molar-refractivity contribution in [2.45, 2.75) is 13.3 Å². The number of thiophene rings is 1. The van der Waals surface area contributed by atoms with Gasteiger partial charge < -0.3 is 0 Å². The number of hydrogen-bond donors (Lipinski definition) is 0. The lowest BCUT2D eigenvalue weighted by molar-refractivity contribution is 1.26. The molecule has 2 aromatic rings. The van der Waals surface area contributed by atoms with Crippen LogP contribution in [0.1, 0.15) is 10.4 Å². The van der Waals surface area contributed by atoms with Crippen LogP contribution in [0.3, 0.4) is 0 Å². The SMILES string of the molecule is Cc1ccc(-c2ccc(CC#N)cc2)s1. The van der Waals surface area contributed by atoms with Crippen LogP contribution in [-0.2, 0) is 6.42 Å². The van der Waals surface area contributed by atoms with E-state index < -0.39 is 0 Å². The van der Waals surface area contributed by atoms with Gasteiger partial charge >= 0.3 is 0 Å². The largest absolute Gasteiger partial charge is 0.198 e. The highest BCUT2D eigenvalue weighted by Gasteiger charge is 2.00.